The lowest BCUT2D eigenvalue weighted by molar-refractivity contribution is -0.137. The maximum absolute atomic E-state index is 13.7. The Bertz CT molecular complexity index is 2880. The van der Waals surface area contributed by atoms with Gasteiger partial charge in [-0.1, -0.05) is 37.7 Å². The standard InChI is InChI=1S/C44H51F3N8O7S5/c1-2-3-20-48-32-16-23-52(24-17-32)66(59,60)38-14-12-34(64-38)28-50-40(56)36-6-4-21-54(42(36)58)55-22-5-7-37(43(55)63)41(57)51-29-35-13-15-39(65-35)67(61,62)53-25-18-33(19-26-53)49-27-30-8-10-31(11-9-30)44(45,46)47/h4-15,21-22,32-33,48-49H,2-3,16-20,23-29H2,1H3,(H,50,56)(H,51,57). The van der Waals surface area contributed by atoms with E-state index < -0.39 is 49.2 Å². The first-order valence-electron chi connectivity index (χ1n) is 21.8. The van der Waals surface area contributed by atoms with Crippen LogP contribution in [0.2, 0.25) is 0 Å². The number of halogens is 3. The molecule has 2 aliphatic heterocycles. The lowest BCUT2D eigenvalue weighted by Crippen LogP contribution is -2.44. The Kier molecular flexibility index (Phi) is 16.4. The summed E-state index contributed by atoms with van der Waals surface area (Å²) < 4.78 is 98.1. The van der Waals surface area contributed by atoms with Crippen molar-refractivity contribution in [2.75, 3.05) is 32.7 Å². The number of nitrogens with one attached hydrogen (secondary N) is 4. The fraction of sp³-hybridized carbons (Fsp3) is 0.409. The second kappa shape index (κ2) is 21.8. The Balaban J connectivity index is 0.907. The van der Waals surface area contributed by atoms with Crippen LogP contribution in [0.4, 0.5) is 13.2 Å². The van der Waals surface area contributed by atoms with Crippen LogP contribution in [0.5, 0.6) is 0 Å². The third kappa shape index (κ3) is 12.2. The lowest BCUT2D eigenvalue weighted by Gasteiger charge is -2.31. The summed E-state index contributed by atoms with van der Waals surface area (Å²) in [4.78, 5) is 41.6. The summed E-state index contributed by atoms with van der Waals surface area (Å²) in [7, 11) is -7.53. The molecule has 360 valence electrons. The summed E-state index contributed by atoms with van der Waals surface area (Å²) in [5.41, 5.74) is -0.905. The molecule has 2 aliphatic rings. The highest BCUT2D eigenvalue weighted by Crippen LogP contribution is 2.31. The zero-order chi connectivity index (χ0) is 47.9. The second-order valence-corrected chi connectivity index (χ2v) is 23.2. The van der Waals surface area contributed by atoms with Crippen molar-refractivity contribution in [3.63, 3.8) is 0 Å². The van der Waals surface area contributed by atoms with Crippen LogP contribution in [-0.4, -0.2) is 91.4 Å². The number of thiophene rings is 2. The van der Waals surface area contributed by atoms with E-state index in [2.05, 4.69) is 28.2 Å². The molecular weight excluding hydrogens is 970 g/mol. The summed E-state index contributed by atoms with van der Waals surface area (Å²) >= 11 is 7.71. The molecule has 2 saturated heterocycles. The molecule has 0 spiro atoms. The number of nitrogens with zero attached hydrogens (tertiary/aromatic N) is 4. The van der Waals surface area contributed by atoms with Crippen molar-refractivity contribution >= 4 is 66.8 Å². The summed E-state index contributed by atoms with van der Waals surface area (Å²) in [5.74, 6) is -1.27. The van der Waals surface area contributed by atoms with Gasteiger partial charge in [-0.25, -0.2) is 26.2 Å². The minimum absolute atomic E-state index is 0.0124. The van der Waals surface area contributed by atoms with Crippen molar-refractivity contribution < 1.29 is 39.6 Å². The van der Waals surface area contributed by atoms with E-state index in [9.17, 15) is 44.4 Å². The van der Waals surface area contributed by atoms with Gasteiger partial charge >= 0.3 is 6.18 Å². The van der Waals surface area contributed by atoms with Gasteiger partial charge in [0.2, 0.25) is 0 Å². The largest absolute Gasteiger partial charge is 0.416 e. The molecule has 0 bridgehead atoms. The first-order chi connectivity index (χ1) is 31.9. The quantitative estimate of drug-likeness (QED) is 0.0585. The van der Waals surface area contributed by atoms with Gasteiger partial charge < -0.3 is 21.3 Å². The molecule has 0 radical (unpaired) electrons. The number of sulfonamides is 2. The number of unbranched alkanes of at least 4 members (excludes halogenated alkanes) is 1. The SMILES string of the molecule is CCCCNC1CCN(S(=O)(=O)c2ccc(CNC(=O)c3cccn(-n4cccc(C(=O)NCc5ccc(S(=O)(=O)N6CCC(NCc7ccc(C(F)(F)F)cc7)CC6)s5)c4=S)c3=O)s2)CC1. The van der Waals surface area contributed by atoms with Gasteiger partial charge in [0, 0.05) is 67.0 Å². The van der Waals surface area contributed by atoms with E-state index in [0.29, 0.717) is 53.8 Å². The number of pyridine rings is 2. The van der Waals surface area contributed by atoms with Gasteiger partial charge in [-0.3, -0.25) is 14.4 Å². The molecule has 2 amide bonds. The number of piperidine rings is 2. The molecule has 4 aromatic heterocycles. The number of carbonyl (C=O) groups excluding carboxylic acids is 2. The summed E-state index contributed by atoms with van der Waals surface area (Å²) in [5, 5.41) is 12.3. The van der Waals surface area contributed by atoms with E-state index in [1.54, 1.807) is 12.1 Å². The van der Waals surface area contributed by atoms with Crippen LogP contribution in [0.15, 0.2) is 98.4 Å². The smallest absolute Gasteiger partial charge is 0.347 e. The number of amides is 2. The van der Waals surface area contributed by atoms with E-state index in [1.807, 2.05) is 0 Å². The number of hydrogen-bond donors (Lipinski definition) is 4. The van der Waals surface area contributed by atoms with Gasteiger partial charge in [0.15, 0.2) is 0 Å². The average Bonchev–Trinajstić information content (AvgIpc) is 4.02. The molecule has 6 heterocycles. The minimum Gasteiger partial charge on any atom is -0.347 e. The molecule has 0 saturated carbocycles. The van der Waals surface area contributed by atoms with Crippen LogP contribution < -0.4 is 26.8 Å². The predicted octanol–water partition coefficient (Wildman–Crippen LogP) is 6.18. The minimum atomic E-state index is -4.41. The predicted molar refractivity (Wildman–Crippen MR) is 252 cm³/mol. The Labute approximate surface area is 400 Å². The Hall–Kier alpha value is -4.59. The zero-order valence-electron chi connectivity index (χ0n) is 36.5. The highest BCUT2D eigenvalue weighted by molar-refractivity contribution is 7.91. The second-order valence-electron chi connectivity index (χ2n) is 16.2. The molecule has 0 unspecified atom stereocenters. The number of rotatable bonds is 18. The van der Waals surface area contributed by atoms with E-state index in [0.717, 1.165) is 71.7 Å². The number of aromatic nitrogens is 2. The normalized spacial score (nSPS) is 16.0. The van der Waals surface area contributed by atoms with Crippen LogP contribution >= 0.6 is 34.9 Å². The Morgan fingerprint density at radius 2 is 1.18 bits per heavy atom. The Morgan fingerprint density at radius 3 is 1.70 bits per heavy atom. The van der Waals surface area contributed by atoms with Gasteiger partial charge in [-0.15, -0.1) is 22.7 Å². The molecule has 4 N–H and O–H groups in total. The van der Waals surface area contributed by atoms with Crippen LogP contribution in [0.3, 0.4) is 0 Å². The van der Waals surface area contributed by atoms with Crippen molar-refractivity contribution in [3.8, 4) is 0 Å². The highest BCUT2D eigenvalue weighted by Gasteiger charge is 2.33. The van der Waals surface area contributed by atoms with E-state index in [1.165, 1.54) is 74.2 Å². The highest BCUT2D eigenvalue weighted by atomic mass is 32.3. The van der Waals surface area contributed by atoms with Gasteiger partial charge in [-0.2, -0.15) is 21.8 Å². The zero-order valence-corrected chi connectivity index (χ0v) is 40.5. The number of carbonyl (C=O) groups is 2. The number of benzene rings is 1. The summed E-state index contributed by atoms with van der Waals surface area (Å²) in [6.07, 6.45) is 3.11. The van der Waals surface area contributed by atoms with Crippen molar-refractivity contribution in [2.45, 2.75) is 91.8 Å². The van der Waals surface area contributed by atoms with Crippen LogP contribution in [0.1, 0.15) is 87.0 Å². The number of alkyl halides is 3. The molecular formula is C44H51F3N8O7S5. The van der Waals surface area contributed by atoms with Gasteiger partial charge in [0.05, 0.1) is 24.2 Å². The Morgan fingerprint density at radius 1 is 0.687 bits per heavy atom. The summed E-state index contributed by atoms with van der Waals surface area (Å²) in [6.45, 7) is 4.72. The average molecular weight is 1020 g/mol. The molecule has 0 atom stereocenters. The first kappa shape index (κ1) is 50.3. The van der Waals surface area contributed by atoms with E-state index in [-0.39, 0.29) is 56.4 Å². The van der Waals surface area contributed by atoms with Crippen molar-refractivity contribution in [2.24, 2.45) is 0 Å². The topological polar surface area (TPSA) is 184 Å². The third-order valence-electron chi connectivity index (χ3n) is 11.6. The lowest BCUT2D eigenvalue weighted by atomic mass is 10.1. The maximum atomic E-state index is 13.7. The molecule has 1 aromatic carbocycles. The van der Waals surface area contributed by atoms with Crippen LogP contribution in [-0.2, 0) is 45.9 Å². The fourth-order valence-corrected chi connectivity index (χ4v) is 13.9. The first-order valence-corrected chi connectivity index (χ1v) is 26.7. The van der Waals surface area contributed by atoms with Crippen LogP contribution in [0.25, 0.3) is 0 Å². The maximum Gasteiger partial charge on any atom is 0.416 e. The molecule has 5 aromatic rings. The van der Waals surface area contributed by atoms with Crippen LogP contribution in [0, 0.1) is 4.64 Å². The summed E-state index contributed by atoms with van der Waals surface area (Å²) in [6, 6.07) is 17.3. The van der Waals surface area contributed by atoms with Gasteiger partial charge in [-0.05, 0) is 105 Å². The molecule has 7 rings (SSSR count). The van der Waals surface area contributed by atoms with Gasteiger partial charge in [0.1, 0.15) is 18.6 Å². The monoisotopic (exact) mass is 1020 g/mol. The van der Waals surface area contributed by atoms with E-state index in [4.69, 9.17) is 12.2 Å². The van der Waals surface area contributed by atoms with Crippen molar-refractivity contribution in [1.29, 1.82) is 0 Å². The fourth-order valence-electron chi connectivity index (χ4n) is 7.77. The van der Waals surface area contributed by atoms with Crippen molar-refractivity contribution in [3.05, 3.63) is 132 Å². The molecule has 0 aliphatic carbocycles. The van der Waals surface area contributed by atoms with E-state index >= 15 is 0 Å². The number of hydrogen-bond acceptors (Lipinski definition) is 12. The van der Waals surface area contributed by atoms with Crippen molar-refractivity contribution in [1.82, 2.24) is 39.2 Å². The van der Waals surface area contributed by atoms with Gasteiger partial charge in [0.25, 0.3) is 37.4 Å². The molecule has 15 nitrogen and oxygen atoms in total. The molecule has 23 heteroatoms. The molecule has 67 heavy (non-hydrogen) atoms. The molecule has 2 fully saturated rings. The third-order valence-corrected chi connectivity index (χ3v) is 18.9.